The molecule has 3 atom stereocenters. The van der Waals surface area contributed by atoms with Gasteiger partial charge in [0.2, 0.25) is 5.88 Å². The Hall–Kier alpha value is -2.68. The molecule has 1 saturated heterocycles. The molecule has 2 aliphatic heterocycles. The Balaban J connectivity index is 1.64. The lowest BCUT2D eigenvalue weighted by atomic mass is 9.97. The standard InChI is InChI=1S/C28H39N3O5/c1-19-15-31(20(2)18-32)28(33)24-13-22(23-7-5-6-8-25(23)34-4)14-29-27(24)36-26(19)17-30(3)16-21-9-11-35-12-10-21/h5-8,13-14,19-21,26,32H,9-12,15-18H2,1-4H3/t19-,20+,26+/m1/s1. The number of benzene rings is 1. The molecule has 1 N–H and O–H groups in total. The minimum absolute atomic E-state index is 0.0592. The molecule has 1 amide bonds. The van der Waals surface area contributed by atoms with Crippen molar-refractivity contribution in [2.45, 2.75) is 38.8 Å². The number of rotatable bonds is 8. The molecule has 0 spiro atoms. The van der Waals surface area contributed by atoms with Gasteiger partial charge in [-0.3, -0.25) is 4.79 Å². The van der Waals surface area contributed by atoms with Crippen LogP contribution in [0.3, 0.4) is 0 Å². The van der Waals surface area contributed by atoms with Gasteiger partial charge in [-0.1, -0.05) is 25.1 Å². The molecule has 1 fully saturated rings. The largest absolute Gasteiger partial charge is 0.496 e. The van der Waals surface area contributed by atoms with Gasteiger partial charge in [-0.05, 0) is 44.9 Å². The summed E-state index contributed by atoms with van der Waals surface area (Å²) in [6, 6.07) is 9.18. The third-order valence-electron chi connectivity index (χ3n) is 7.34. The van der Waals surface area contributed by atoms with Gasteiger partial charge in [-0.15, -0.1) is 0 Å². The van der Waals surface area contributed by atoms with Crippen LogP contribution in [-0.2, 0) is 4.74 Å². The van der Waals surface area contributed by atoms with Crippen molar-refractivity contribution in [1.82, 2.24) is 14.8 Å². The molecule has 2 aliphatic rings. The molecule has 8 nitrogen and oxygen atoms in total. The topological polar surface area (TPSA) is 84.4 Å². The Kier molecular flexibility index (Phi) is 8.82. The number of aromatic nitrogens is 1. The predicted octanol–water partition coefficient (Wildman–Crippen LogP) is 3.34. The van der Waals surface area contributed by atoms with Gasteiger partial charge in [0, 0.05) is 56.1 Å². The molecule has 0 aliphatic carbocycles. The summed E-state index contributed by atoms with van der Waals surface area (Å²) < 4.78 is 17.5. The fraction of sp³-hybridized carbons (Fsp3) is 0.571. The smallest absolute Gasteiger partial charge is 0.259 e. The maximum Gasteiger partial charge on any atom is 0.259 e. The number of likely N-dealkylation sites (N-methyl/N-ethyl adjacent to an activating group) is 1. The summed E-state index contributed by atoms with van der Waals surface area (Å²) in [6.45, 7) is 7.73. The van der Waals surface area contributed by atoms with Crippen LogP contribution in [-0.4, -0.2) is 91.6 Å². The van der Waals surface area contributed by atoms with Crippen LogP contribution in [0, 0.1) is 11.8 Å². The first kappa shape index (κ1) is 26.4. The fourth-order valence-electron chi connectivity index (χ4n) is 5.10. The van der Waals surface area contributed by atoms with E-state index in [0.29, 0.717) is 29.7 Å². The van der Waals surface area contributed by atoms with Crippen LogP contribution in [0.4, 0.5) is 0 Å². The number of ether oxygens (including phenoxy) is 3. The molecule has 0 bridgehead atoms. The molecular formula is C28H39N3O5. The van der Waals surface area contributed by atoms with Crippen LogP contribution in [0.2, 0.25) is 0 Å². The van der Waals surface area contributed by atoms with Gasteiger partial charge >= 0.3 is 0 Å². The van der Waals surface area contributed by atoms with Crippen molar-refractivity contribution >= 4 is 5.91 Å². The summed E-state index contributed by atoms with van der Waals surface area (Å²) in [5, 5.41) is 9.92. The van der Waals surface area contributed by atoms with E-state index in [1.165, 1.54) is 0 Å². The van der Waals surface area contributed by atoms with Crippen LogP contribution in [0.1, 0.15) is 37.0 Å². The summed E-state index contributed by atoms with van der Waals surface area (Å²) in [7, 11) is 3.75. The van der Waals surface area contributed by atoms with Gasteiger partial charge in [0.1, 0.15) is 17.4 Å². The Morgan fingerprint density at radius 1 is 1.22 bits per heavy atom. The predicted molar refractivity (Wildman–Crippen MR) is 138 cm³/mol. The number of amides is 1. The molecule has 0 unspecified atom stereocenters. The van der Waals surface area contributed by atoms with Gasteiger partial charge < -0.3 is 29.1 Å². The first-order valence-electron chi connectivity index (χ1n) is 12.9. The number of aliphatic hydroxyl groups is 1. The first-order chi connectivity index (χ1) is 17.4. The van der Waals surface area contributed by atoms with E-state index in [0.717, 1.165) is 50.3 Å². The maximum absolute atomic E-state index is 13.7. The van der Waals surface area contributed by atoms with Crippen LogP contribution in [0.5, 0.6) is 11.6 Å². The van der Waals surface area contributed by atoms with E-state index in [1.807, 2.05) is 37.3 Å². The van der Waals surface area contributed by atoms with Crippen LogP contribution in [0.25, 0.3) is 11.1 Å². The summed E-state index contributed by atoms with van der Waals surface area (Å²) in [5.74, 6) is 1.54. The van der Waals surface area contributed by atoms with Crippen LogP contribution >= 0.6 is 0 Å². The van der Waals surface area contributed by atoms with Crippen molar-refractivity contribution in [3.05, 3.63) is 42.1 Å². The third-order valence-corrected chi connectivity index (χ3v) is 7.34. The number of hydrogen-bond acceptors (Lipinski definition) is 7. The van der Waals surface area contributed by atoms with Crippen LogP contribution in [0.15, 0.2) is 36.5 Å². The zero-order valence-electron chi connectivity index (χ0n) is 21.9. The fourth-order valence-corrected chi connectivity index (χ4v) is 5.10. The summed E-state index contributed by atoms with van der Waals surface area (Å²) in [5.41, 5.74) is 2.04. The summed E-state index contributed by atoms with van der Waals surface area (Å²) in [6.07, 6.45) is 3.74. The first-order valence-corrected chi connectivity index (χ1v) is 12.9. The highest BCUT2D eigenvalue weighted by molar-refractivity contribution is 5.98. The monoisotopic (exact) mass is 497 g/mol. The average Bonchev–Trinajstić information content (AvgIpc) is 2.90. The molecule has 3 heterocycles. The molecular weight excluding hydrogens is 458 g/mol. The number of fused-ring (bicyclic) bond motifs is 1. The normalized spacial score (nSPS) is 21.9. The van der Waals surface area contributed by atoms with Crippen molar-refractivity contribution in [2.75, 3.05) is 53.6 Å². The number of nitrogens with zero attached hydrogens (tertiary/aromatic N) is 3. The lowest BCUT2D eigenvalue weighted by molar-refractivity contribution is 0.0254. The van der Waals surface area contributed by atoms with Crippen molar-refractivity contribution in [3.63, 3.8) is 0 Å². The SMILES string of the molecule is COc1ccccc1-c1cnc2c(c1)C(=O)N([C@@H](C)CO)C[C@@H](C)[C@H](CN(C)CC1CCOCC1)O2. The summed E-state index contributed by atoms with van der Waals surface area (Å²) in [4.78, 5) is 22.4. The average molecular weight is 498 g/mol. The zero-order chi connectivity index (χ0) is 25.7. The lowest BCUT2D eigenvalue weighted by Crippen LogP contribution is -2.50. The number of methoxy groups -OCH3 is 1. The minimum Gasteiger partial charge on any atom is -0.496 e. The molecule has 0 saturated carbocycles. The van der Waals surface area contributed by atoms with E-state index < -0.39 is 0 Å². The lowest BCUT2D eigenvalue weighted by Gasteiger charge is -2.38. The number of hydrogen-bond donors (Lipinski definition) is 1. The maximum atomic E-state index is 13.7. The van der Waals surface area contributed by atoms with Crippen molar-refractivity contribution < 1.29 is 24.1 Å². The molecule has 8 heteroatoms. The molecule has 1 aromatic carbocycles. The molecule has 196 valence electrons. The van der Waals surface area contributed by atoms with E-state index >= 15 is 0 Å². The zero-order valence-corrected chi connectivity index (χ0v) is 21.9. The van der Waals surface area contributed by atoms with Crippen molar-refractivity contribution in [3.8, 4) is 22.8 Å². The highest BCUT2D eigenvalue weighted by Gasteiger charge is 2.34. The molecule has 1 aromatic heterocycles. The number of carbonyl (C=O) groups is 1. The van der Waals surface area contributed by atoms with Gasteiger partial charge in [-0.25, -0.2) is 4.98 Å². The molecule has 0 radical (unpaired) electrons. The van der Waals surface area contributed by atoms with Gasteiger partial charge in [0.15, 0.2) is 0 Å². The second-order valence-electron chi connectivity index (χ2n) is 10.2. The highest BCUT2D eigenvalue weighted by Crippen LogP contribution is 2.34. The molecule has 2 aromatic rings. The van der Waals surface area contributed by atoms with Gasteiger partial charge in [0.25, 0.3) is 5.91 Å². The number of carbonyl (C=O) groups excluding carboxylic acids is 1. The Morgan fingerprint density at radius 3 is 2.69 bits per heavy atom. The summed E-state index contributed by atoms with van der Waals surface area (Å²) >= 11 is 0. The Morgan fingerprint density at radius 2 is 1.97 bits per heavy atom. The van der Waals surface area contributed by atoms with Crippen LogP contribution < -0.4 is 9.47 Å². The number of pyridine rings is 1. The number of aliphatic hydroxyl groups excluding tert-OH is 1. The van der Waals surface area contributed by atoms with E-state index in [4.69, 9.17) is 14.2 Å². The van der Waals surface area contributed by atoms with E-state index in [-0.39, 0.29) is 30.6 Å². The highest BCUT2D eigenvalue weighted by atomic mass is 16.5. The second-order valence-corrected chi connectivity index (χ2v) is 10.2. The number of para-hydroxylation sites is 1. The van der Waals surface area contributed by atoms with Gasteiger partial charge in [0.05, 0.1) is 19.8 Å². The second kappa shape index (κ2) is 12.0. The third kappa shape index (κ3) is 5.99. The Bertz CT molecular complexity index is 1030. The quantitative estimate of drug-likeness (QED) is 0.599. The molecule has 36 heavy (non-hydrogen) atoms. The molecule has 4 rings (SSSR count). The van der Waals surface area contributed by atoms with E-state index in [1.54, 1.807) is 18.2 Å². The van der Waals surface area contributed by atoms with Crippen molar-refractivity contribution in [1.29, 1.82) is 0 Å². The Labute approximate surface area is 214 Å². The van der Waals surface area contributed by atoms with E-state index in [9.17, 15) is 9.90 Å². The van der Waals surface area contributed by atoms with Crippen molar-refractivity contribution in [2.24, 2.45) is 11.8 Å². The van der Waals surface area contributed by atoms with E-state index in [2.05, 4.69) is 23.9 Å². The minimum atomic E-state index is -0.318. The van der Waals surface area contributed by atoms with Gasteiger partial charge in [-0.2, -0.15) is 0 Å².